The van der Waals surface area contributed by atoms with Crippen molar-refractivity contribution in [3.63, 3.8) is 0 Å². The third-order valence-corrected chi connectivity index (χ3v) is 3.51. The first-order valence-corrected chi connectivity index (χ1v) is 6.85. The lowest BCUT2D eigenvalue weighted by molar-refractivity contribution is 0.0951. The van der Waals surface area contributed by atoms with Gasteiger partial charge in [0.05, 0.1) is 5.56 Å². The number of amides is 1. The molecular formula is C15H14BrFN2O. The Bertz CT molecular complexity index is 658. The molecule has 104 valence electrons. The van der Waals surface area contributed by atoms with Crippen LogP contribution in [0.2, 0.25) is 0 Å². The highest BCUT2D eigenvalue weighted by molar-refractivity contribution is 9.10. The van der Waals surface area contributed by atoms with Crippen LogP contribution in [0, 0.1) is 12.7 Å². The molecule has 0 saturated carbocycles. The van der Waals surface area contributed by atoms with Crippen LogP contribution in [0.3, 0.4) is 0 Å². The van der Waals surface area contributed by atoms with Crippen LogP contribution in [0.25, 0.3) is 0 Å². The molecule has 3 N–H and O–H groups in total. The van der Waals surface area contributed by atoms with Gasteiger partial charge in [0, 0.05) is 22.3 Å². The van der Waals surface area contributed by atoms with Gasteiger partial charge in [-0.05, 0) is 36.8 Å². The van der Waals surface area contributed by atoms with E-state index in [1.807, 2.05) is 13.0 Å². The van der Waals surface area contributed by atoms with Gasteiger partial charge < -0.3 is 11.1 Å². The van der Waals surface area contributed by atoms with Crippen LogP contribution >= 0.6 is 15.9 Å². The number of nitrogens with two attached hydrogens (primary N) is 1. The number of hydrogen-bond donors (Lipinski definition) is 2. The third kappa shape index (κ3) is 3.17. The molecule has 2 aromatic carbocycles. The molecule has 0 radical (unpaired) electrons. The summed E-state index contributed by atoms with van der Waals surface area (Å²) in [6, 6.07) is 9.84. The Hall–Kier alpha value is -1.88. The molecule has 0 aliphatic carbocycles. The minimum absolute atomic E-state index is 0.109. The van der Waals surface area contributed by atoms with Crippen molar-refractivity contribution in [1.29, 1.82) is 0 Å². The number of carbonyl (C=O) groups is 1. The predicted molar refractivity (Wildman–Crippen MR) is 80.9 cm³/mol. The van der Waals surface area contributed by atoms with Crippen molar-refractivity contribution < 1.29 is 9.18 Å². The summed E-state index contributed by atoms with van der Waals surface area (Å²) >= 11 is 3.27. The second kappa shape index (κ2) is 6.05. The van der Waals surface area contributed by atoms with Gasteiger partial charge in [-0.1, -0.05) is 28.1 Å². The molecule has 5 heteroatoms. The average molecular weight is 337 g/mol. The number of rotatable bonds is 3. The Kier molecular flexibility index (Phi) is 4.39. The number of carbonyl (C=O) groups excluding carboxylic acids is 1. The summed E-state index contributed by atoms with van der Waals surface area (Å²) in [5.74, 6) is -0.670. The molecule has 2 aromatic rings. The summed E-state index contributed by atoms with van der Waals surface area (Å²) in [6.45, 7) is 1.94. The molecule has 0 unspecified atom stereocenters. The summed E-state index contributed by atoms with van der Waals surface area (Å²) in [5, 5.41) is 2.67. The van der Waals surface area contributed by atoms with E-state index in [1.165, 1.54) is 6.07 Å². The van der Waals surface area contributed by atoms with E-state index in [4.69, 9.17) is 5.73 Å². The predicted octanol–water partition coefficient (Wildman–Crippen LogP) is 3.41. The largest absolute Gasteiger partial charge is 0.398 e. The van der Waals surface area contributed by atoms with E-state index in [0.717, 1.165) is 10.0 Å². The Morgan fingerprint density at radius 1 is 1.35 bits per heavy atom. The maximum atomic E-state index is 13.6. The van der Waals surface area contributed by atoms with Crippen molar-refractivity contribution in [1.82, 2.24) is 5.32 Å². The van der Waals surface area contributed by atoms with Gasteiger partial charge >= 0.3 is 0 Å². The molecule has 2 rings (SSSR count). The van der Waals surface area contributed by atoms with Crippen molar-refractivity contribution in [2.75, 3.05) is 5.73 Å². The molecule has 0 saturated heterocycles. The molecule has 0 aromatic heterocycles. The zero-order valence-electron chi connectivity index (χ0n) is 10.9. The van der Waals surface area contributed by atoms with Crippen LogP contribution in [-0.4, -0.2) is 5.91 Å². The molecular weight excluding hydrogens is 323 g/mol. The molecule has 0 aliphatic rings. The van der Waals surface area contributed by atoms with E-state index in [-0.39, 0.29) is 18.3 Å². The lowest BCUT2D eigenvalue weighted by Crippen LogP contribution is -2.24. The zero-order valence-corrected chi connectivity index (χ0v) is 12.5. The number of para-hydroxylation sites is 1. The van der Waals surface area contributed by atoms with Crippen molar-refractivity contribution >= 4 is 27.5 Å². The minimum atomic E-state index is -0.356. The van der Waals surface area contributed by atoms with Crippen molar-refractivity contribution in [2.24, 2.45) is 0 Å². The Balaban J connectivity index is 2.13. The van der Waals surface area contributed by atoms with Crippen LogP contribution in [0.1, 0.15) is 21.5 Å². The molecule has 0 heterocycles. The maximum Gasteiger partial charge on any atom is 0.253 e. The normalized spacial score (nSPS) is 10.3. The second-order valence-electron chi connectivity index (χ2n) is 4.45. The Labute approximate surface area is 125 Å². The molecule has 20 heavy (non-hydrogen) atoms. The molecule has 3 nitrogen and oxygen atoms in total. The molecule has 1 amide bonds. The molecule has 0 bridgehead atoms. The van der Waals surface area contributed by atoms with E-state index >= 15 is 0 Å². The SMILES string of the molecule is Cc1cccc(C(=O)NCc2cc(Br)ccc2F)c1N. The first kappa shape index (κ1) is 14.5. The zero-order chi connectivity index (χ0) is 14.7. The van der Waals surface area contributed by atoms with Crippen LogP contribution in [-0.2, 0) is 6.54 Å². The summed E-state index contributed by atoms with van der Waals surface area (Å²) < 4.78 is 14.3. The smallest absolute Gasteiger partial charge is 0.253 e. The van der Waals surface area contributed by atoms with Crippen LogP contribution < -0.4 is 11.1 Å². The van der Waals surface area contributed by atoms with Crippen molar-refractivity contribution in [3.05, 3.63) is 63.4 Å². The number of nitrogens with one attached hydrogen (secondary N) is 1. The number of halogens is 2. The van der Waals surface area contributed by atoms with Crippen molar-refractivity contribution in [2.45, 2.75) is 13.5 Å². The van der Waals surface area contributed by atoms with Gasteiger partial charge in [-0.25, -0.2) is 4.39 Å². The first-order valence-electron chi connectivity index (χ1n) is 6.06. The monoisotopic (exact) mass is 336 g/mol. The van der Waals surface area contributed by atoms with Gasteiger partial charge in [-0.2, -0.15) is 0 Å². The fraction of sp³-hybridized carbons (Fsp3) is 0.133. The fourth-order valence-corrected chi connectivity index (χ4v) is 2.24. The number of benzene rings is 2. The van der Waals surface area contributed by atoms with Gasteiger partial charge in [0.25, 0.3) is 5.91 Å². The topological polar surface area (TPSA) is 55.1 Å². The highest BCUT2D eigenvalue weighted by atomic mass is 79.9. The van der Waals surface area contributed by atoms with Crippen molar-refractivity contribution in [3.8, 4) is 0 Å². The third-order valence-electron chi connectivity index (χ3n) is 3.02. The standard InChI is InChI=1S/C15H14BrFN2O/c1-9-3-2-4-12(14(9)18)15(20)19-8-10-7-11(16)5-6-13(10)17/h2-7H,8,18H2,1H3,(H,19,20). The first-order chi connectivity index (χ1) is 9.49. The Morgan fingerprint density at radius 2 is 2.10 bits per heavy atom. The highest BCUT2D eigenvalue weighted by Gasteiger charge is 2.11. The Morgan fingerprint density at radius 3 is 2.85 bits per heavy atom. The summed E-state index contributed by atoms with van der Waals surface area (Å²) in [5.41, 5.74) is 7.97. The van der Waals surface area contributed by atoms with Gasteiger partial charge in [-0.3, -0.25) is 4.79 Å². The number of nitrogen functional groups attached to an aromatic ring is 1. The quantitative estimate of drug-likeness (QED) is 0.844. The second-order valence-corrected chi connectivity index (χ2v) is 5.37. The van der Waals surface area contributed by atoms with E-state index < -0.39 is 0 Å². The van der Waals surface area contributed by atoms with Gasteiger partial charge in [0.2, 0.25) is 0 Å². The molecule has 0 fully saturated rings. The fourth-order valence-electron chi connectivity index (χ4n) is 1.83. The van der Waals surface area contributed by atoms with Gasteiger partial charge in [0.1, 0.15) is 5.82 Å². The number of aryl methyl sites for hydroxylation is 1. The number of anilines is 1. The van der Waals surface area contributed by atoms with E-state index in [9.17, 15) is 9.18 Å². The molecule has 0 spiro atoms. The van der Waals surface area contributed by atoms with Crippen LogP contribution in [0.5, 0.6) is 0 Å². The highest BCUT2D eigenvalue weighted by Crippen LogP contribution is 2.18. The maximum absolute atomic E-state index is 13.6. The minimum Gasteiger partial charge on any atom is -0.398 e. The van der Waals surface area contributed by atoms with Crippen LogP contribution in [0.15, 0.2) is 40.9 Å². The van der Waals surface area contributed by atoms with Gasteiger partial charge in [0.15, 0.2) is 0 Å². The van der Waals surface area contributed by atoms with Gasteiger partial charge in [-0.15, -0.1) is 0 Å². The summed E-state index contributed by atoms with van der Waals surface area (Å²) in [6.07, 6.45) is 0. The lowest BCUT2D eigenvalue weighted by atomic mass is 10.1. The van der Waals surface area contributed by atoms with Crippen LogP contribution in [0.4, 0.5) is 10.1 Å². The average Bonchev–Trinajstić information content (AvgIpc) is 2.42. The molecule has 0 atom stereocenters. The summed E-state index contributed by atoms with van der Waals surface area (Å²) in [7, 11) is 0. The van der Waals surface area contributed by atoms with E-state index in [2.05, 4.69) is 21.2 Å². The van der Waals surface area contributed by atoms with E-state index in [1.54, 1.807) is 24.3 Å². The van der Waals surface area contributed by atoms with E-state index in [0.29, 0.717) is 16.8 Å². The number of hydrogen-bond acceptors (Lipinski definition) is 2. The summed E-state index contributed by atoms with van der Waals surface area (Å²) in [4.78, 5) is 12.1. The lowest BCUT2D eigenvalue weighted by Gasteiger charge is -2.10. The molecule has 0 aliphatic heterocycles.